The molecule has 2 aromatic carbocycles. The summed E-state index contributed by atoms with van der Waals surface area (Å²) in [7, 11) is 1.54. The number of benzene rings is 2. The molecule has 0 bridgehead atoms. The first kappa shape index (κ1) is 21.2. The Hall–Kier alpha value is -3.07. The minimum atomic E-state index is -2.89. The second-order valence-corrected chi connectivity index (χ2v) is 7.30. The number of hydrogen-bond donors (Lipinski definition) is 1. The average Bonchev–Trinajstić information content (AvgIpc) is 3.26. The number of nitrogens with zero attached hydrogens (tertiary/aromatic N) is 2. The molecule has 0 spiro atoms. The average molecular weight is 433 g/mol. The third-order valence-electron chi connectivity index (χ3n) is 5.24. The first-order valence-electron chi connectivity index (χ1n) is 9.88. The maximum absolute atomic E-state index is 14.6. The number of nitrogens with one attached hydrogen (secondary N) is 1. The molecule has 1 aliphatic heterocycles. The van der Waals surface area contributed by atoms with Gasteiger partial charge in [0.05, 0.1) is 49.3 Å². The van der Waals surface area contributed by atoms with Gasteiger partial charge in [0.25, 0.3) is 6.43 Å². The molecule has 1 fully saturated rings. The van der Waals surface area contributed by atoms with Crippen LogP contribution in [-0.2, 0) is 4.74 Å². The molecule has 164 valence electrons. The Morgan fingerprint density at radius 3 is 2.71 bits per heavy atom. The van der Waals surface area contributed by atoms with Crippen molar-refractivity contribution in [3.8, 4) is 11.5 Å². The van der Waals surface area contributed by atoms with Crippen LogP contribution < -0.4 is 14.8 Å². The van der Waals surface area contributed by atoms with Crippen molar-refractivity contribution in [1.29, 1.82) is 0 Å². The first-order valence-corrected chi connectivity index (χ1v) is 9.88. The van der Waals surface area contributed by atoms with Crippen LogP contribution >= 0.6 is 0 Å². The fraction of sp³-hybridized carbons (Fsp3) is 0.364. The van der Waals surface area contributed by atoms with Crippen LogP contribution in [0.3, 0.4) is 0 Å². The van der Waals surface area contributed by atoms with E-state index in [1.54, 1.807) is 19.1 Å². The molecule has 31 heavy (non-hydrogen) atoms. The zero-order valence-electron chi connectivity index (χ0n) is 17.1. The molecule has 6 nitrogen and oxygen atoms in total. The second-order valence-electron chi connectivity index (χ2n) is 7.30. The monoisotopic (exact) mass is 433 g/mol. The zero-order chi connectivity index (χ0) is 22.0. The summed E-state index contributed by atoms with van der Waals surface area (Å²) in [5, 5.41) is 12.0. The zero-order valence-corrected chi connectivity index (χ0v) is 17.1. The molecule has 3 aromatic rings. The lowest BCUT2D eigenvalue weighted by atomic mass is 10.0. The van der Waals surface area contributed by atoms with Crippen molar-refractivity contribution in [1.82, 2.24) is 10.2 Å². The van der Waals surface area contributed by atoms with Crippen LogP contribution in [0.5, 0.6) is 11.5 Å². The van der Waals surface area contributed by atoms with E-state index in [1.807, 2.05) is 0 Å². The van der Waals surface area contributed by atoms with Crippen LogP contribution in [0.2, 0.25) is 0 Å². The summed E-state index contributed by atoms with van der Waals surface area (Å²) in [6.07, 6.45) is -0.690. The van der Waals surface area contributed by atoms with Gasteiger partial charge in [0.15, 0.2) is 11.5 Å². The van der Waals surface area contributed by atoms with Gasteiger partial charge in [-0.05, 0) is 13.0 Å². The van der Waals surface area contributed by atoms with E-state index in [4.69, 9.17) is 14.2 Å². The van der Waals surface area contributed by atoms with Crippen LogP contribution in [0.25, 0.3) is 10.9 Å². The van der Waals surface area contributed by atoms with E-state index in [0.717, 1.165) is 12.5 Å². The van der Waals surface area contributed by atoms with Crippen molar-refractivity contribution in [2.75, 3.05) is 25.6 Å². The largest absolute Gasteiger partial charge is 0.493 e. The number of fused-ring (bicyclic) bond motifs is 1. The summed E-state index contributed by atoms with van der Waals surface area (Å²) in [6.45, 7) is 2.83. The topological polar surface area (TPSA) is 65.5 Å². The Morgan fingerprint density at radius 1 is 1.19 bits per heavy atom. The lowest BCUT2D eigenvalue weighted by Crippen LogP contribution is -2.16. The predicted octanol–water partition coefficient (Wildman–Crippen LogP) is 5.06. The summed E-state index contributed by atoms with van der Waals surface area (Å²) in [5.74, 6) is 0.116. The molecule has 9 heteroatoms. The van der Waals surface area contributed by atoms with Gasteiger partial charge in [-0.15, -0.1) is 0 Å². The van der Waals surface area contributed by atoms with Crippen LogP contribution in [0.4, 0.5) is 18.9 Å². The number of anilines is 1. The smallest absolute Gasteiger partial charge is 0.266 e. The van der Waals surface area contributed by atoms with Crippen LogP contribution in [-0.4, -0.2) is 36.6 Å². The van der Waals surface area contributed by atoms with Crippen molar-refractivity contribution in [2.24, 2.45) is 0 Å². The molecule has 0 amide bonds. The van der Waals surface area contributed by atoms with Gasteiger partial charge in [0, 0.05) is 23.4 Å². The molecule has 0 aliphatic carbocycles. The van der Waals surface area contributed by atoms with Crippen molar-refractivity contribution in [3.05, 3.63) is 53.5 Å². The molecule has 4 rings (SSSR count). The van der Waals surface area contributed by atoms with Gasteiger partial charge < -0.3 is 19.5 Å². The number of methoxy groups -OCH3 is 1. The third kappa shape index (κ3) is 4.36. The van der Waals surface area contributed by atoms with E-state index in [9.17, 15) is 13.2 Å². The number of rotatable bonds is 7. The quantitative estimate of drug-likeness (QED) is 0.562. The number of alkyl halides is 2. The Kier molecular flexibility index (Phi) is 6.13. The van der Waals surface area contributed by atoms with Crippen molar-refractivity contribution >= 4 is 16.6 Å². The highest BCUT2D eigenvalue weighted by molar-refractivity contribution is 5.93. The summed E-state index contributed by atoms with van der Waals surface area (Å²) in [4.78, 5) is 0. The molecular weight excluding hydrogens is 411 g/mol. The molecule has 0 unspecified atom stereocenters. The highest BCUT2D eigenvalue weighted by atomic mass is 19.3. The van der Waals surface area contributed by atoms with E-state index in [2.05, 4.69) is 15.5 Å². The molecule has 1 aromatic heterocycles. The molecular formula is C22H22F3N3O3. The standard InChI is InChI=1S/C22H22F3N3O3/c1-12(14-4-3-5-15(21(14)23)22(24)25)27-18-10-26-28-17-9-19(29-2)20(8-16(17)18)31-13-6-7-30-11-13/h3-5,8-10,12-13,22H,6-7,11H2,1-2H3,(H,27,28)/t12-,13+/m1/s1. The fourth-order valence-electron chi connectivity index (χ4n) is 3.60. The maximum atomic E-state index is 14.6. The van der Waals surface area contributed by atoms with Crippen LogP contribution in [0, 0.1) is 5.82 Å². The normalized spacial score (nSPS) is 17.2. The van der Waals surface area contributed by atoms with Gasteiger partial charge in [-0.2, -0.15) is 10.2 Å². The molecule has 2 heterocycles. The SMILES string of the molecule is COc1cc2nncc(N[C@H](C)c3cccc(C(F)F)c3F)c2cc1O[C@H]1CCOC1. The van der Waals surface area contributed by atoms with E-state index >= 15 is 0 Å². The highest BCUT2D eigenvalue weighted by Crippen LogP contribution is 2.37. The van der Waals surface area contributed by atoms with E-state index in [-0.39, 0.29) is 11.7 Å². The number of hydrogen-bond acceptors (Lipinski definition) is 6. The number of halogens is 3. The van der Waals surface area contributed by atoms with Crippen molar-refractivity contribution in [2.45, 2.75) is 31.9 Å². The summed E-state index contributed by atoms with van der Waals surface area (Å²) >= 11 is 0. The lowest BCUT2D eigenvalue weighted by Gasteiger charge is -2.20. The molecule has 2 atom stereocenters. The lowest BCUT2D eigenvalue weighted by molar-refractivity contribution is 0.139. The molecule has 0 saturated carbocycles. The summed E-state index contributed by atoms with van der Waals surface area (Å²) in [6, 6.07) is 6.88. The van der Waals surface area contributed by atoms with Gasteiger partial charge in [-0.1, -0.05) is 18.2 Å². The van der Waals surface area contributed by atoms with E-state index < -0.39 is 23.8 Å². The van der Waals surface area contributed by atoms with E-state index in [1.165, 1.54) is 25.4 Å². The van der Waals surface area contributed by atoms with Gasteiger partial charge in [-0.25, -0.2) is 13.2 Å². The second kappa shape index (κ2) is 8.97. The van der Waals surface area contributed by atoms with Crippen molar-refractivity contribution in [3.63, 3.8) is 0 Å². The first-order chi connectivity index (χ1) is 15.0. The van der Waals surface area contributed by atoms with Crippen molar-refractivity contribution < 1.29 is 27.4 Å². The maximum Gasteiger partial charge on any atom is 0.266 e. The summed E-state index contributed by atoms with van der Waals surface area (Å²) in [5.41, 5.74) is 0.624. The molecule has 0 radical (unpaired) electrons. The Balaban J connectivity index is 1.68. The number of aromatic nitrogens is 2. The van der Waals surface area contributed by atoms with Gasteiger partial charge >= 0.3 is 0 Å². The van der Waals surface area contributed by atoms with Gasteiger partial charge in [0.1, 0.15) is 11.9 Å². The Bertz CT molecular complexity index is 1070. The Morgan fingerprint density at radius 2 is 2.00 bits per heavy atom. The minimum absolute atomic E-state index is 0.0809. The highest BCUT2D eigenvalue weighted by Gasteiger charge is 2.22. The minimum Gasteiger partial charge on any atom is -0.493 e. The molecule has 1 aliphatic rings. The van der Waals surface area contributed by atoms with Gasteiger partial charge in [0.2, 0.25) is 0 Å². The molecule has 1 saturated heterocycles. The van der Waals surface area contributed by atoms with E-state index in [0.29, 0.717) is 41.3 Å². The molecule has 1 N–H and O–H groups in total. The van der Waals surface area contributed by atoms with Crippen LogP contribution in [0.15, 0.2) is 36.5 Å². The Labute approximate surface area is 177 Å². The third-order valence-corrected chi connectivity index (χ3v) is 5.24. The number of ether oxygens (including phenoxy) is 3. The summed E-state index contributed by atoms with van der Waals surface area (Å²) < 4.78 is 57.6. The van der Waals surface area contributed by atoms with Crippen LogP contribution in [0.1, 0.15) is 36.9 Å². The van der Waals surface area contributed by atoms with Gasteiger partial charge in [-0.3, -0.25) is 0 Å². The fourth-order valence-corrected chi connectivity index (χ4v) is 3.60. The predicted molar refractivity (Wildman–Crippen MR) is 109 cm³/mol.